The van der Waals surface area contributed by atoms with Crippen LogP contribution in [0.1, 0.15) is 78.6 Å². The summed E-state index contributed by atoms with van der Waals surface area (Å²) in [7, 11) is 0. The Hall–Kier alpha value is -0.790. The van der Waals surface area contributed by atoms with E-state index in [2.05, 4.69) is 20.4 Å². The van der Waals surface area contributed by atoms with Crippen LogP contribution < -0.4 is 0 Å². The smallest absolute Gasteiger partial charge is 0.133 e. The molecule has 0 aromatic carbocycles. The summed E-state index contributed by atoms with van der Waals surface area (Å²) in [5, 5.41) is 0. The second-order valence-corrected chi connectivity index (χ2v) is 9.83. The SMILES string of the molecule is C=C(C)O[C@H]1CC[C@H]2[C@@H]3CC[C@H]4CC(=O)CC[C@]4(C)[C@H]3CC[C@]12C. The van der Waals surface area contributed by atoms with Crippen molar-refractivity contribution in [2.75, 3.05) is 0 Å². The third kappa shape index (κ3) is 2.31. The van der Waals surface area contributed by atoms with Gasteiger partial charge in [0.25, 0.3) is 0 Å². The third-order valence-electron chi connectivity index (χ3n) is 8.74. The van der Waals surface area contributed by atoms with Crippen molar-refractivity contribution in [3.63, 3.8) is 0 Å². The van der Waals surface area contributed by atoms with E-state index in [4.69, 9.17) is 4.74 Å². The van der Waals surface area contributed by atoms with Crippen LogP contribution in [-0.2, 0) is 9.53 Å². The van der Waals surface area contributed by atoms with Crippen LogP contribution in [0, 0.1) is 34.5 Å². The predicted octanol–water partition coefficient (Wildman–Crippen LogP) is 5.52. The lowest BCUT2D eigenvalue weighted by molar-refractivity contribution is -0.142. The maximum Gasteiger partial charge on any atom is 0.133 e. The van der Waals surface area contributed by atoms with Crippen LogP contribution in [0.4, 0.5) is 0 Å². The van der Waals surface area contributed by atoms with Crippen molar-refractivity contribution in [3.8, 4) is 0 Å². The van der Waals surface area contributed by atoms with Crippen molar-refractivity contribution in [2.45, 2.75) is 84.7 Å². The highest BCUT2D eigenvalue weighted by molar-refractivity contribution is 5.79. The van der Waals surface area contributed by atoms with E-state index in [0.717, 1.165) is 42.8 Å². The molecule has 24 heavy (non-hydrogen) atoms. The zero-order chi connectivity index (χ0) is 17.1. The molecule has 0 bridgehead atoms. The van der Waals surface area contributed by atoms with Crippen molar-refractivity contribution in [3.05, 3.63) is 12.3 Å². The molecule has 0 radical (unpaired) electrons. The highest BCUT2D eigenvalue weighted by Crippen LogP contribution is 2.66. The van der Waals surface area contributed by atoms with Crippen LogP contribution in [-0.4, -0.2) is 11.9 Å². The van der Waals surface area contributed by atoms with Crippen LogP contribution >= 0.6 is 0 Å². The number of hydrogen-bond donors (Lipinski definition) is 0. The summed E-state index contributed by atoms with van der Waals surface area (Å²) in [6.07, 6.45) is 11.0. The van der Waals surface area contributed by atoms with Gasteiger partial charge in [-0.05, 0) is 81.0 Å². The van der Waals surface area contributed by atoms with Gasteiger partial charge in [-0.25, -0.2) is 0 Å². The normalized spacial score (nSPS) is 50.6. The van der Waals surface area contributed by atoms with Crippen LogP contribution in [0.25, 0.3) is 0 Å². The van der Waals surface area contributed by atoms with Gasteiger partial charge in [0, 0.05) is 18.3 Å². The molecule has 2 nitrogen and oxygen atoms in total. The second kappa shape index (κ2) is 5.61. The van der Waals surface area contributed by atoms with Crippen LogP contribution in [0.5, 0.6) is 0 Å². The molecule has 0 aromatic rings. The predicted molar refractivity (Wildman–Crippen MR) is 96.4 cm³/mol. The first kappa shape index (κ1) is 16.7. The van der Waals surface area contributed by atoms with Crippen molar-refractivity contribution < 1.29 is 9.53 Å². The quantitative estimate of drug-likeness (QED) is 0.623. The minimum Gasteiger partial charge on any atom is -0.495 e. The van der Waals surface area contributed by atoms with Crippen molar-refractivity contribution in [2.24, 2.45) is 34.5 Å². The zero-order valence-electron chi connectivity index (χ0n) is 15.8. The lowest BCUT2D eigenvalue weighted by Crippen LogP contribution is -2.54. The summed E-state index contributed by atoms with van der Waals surface area (Å²) in [5.41, 5.74) is 0.763. The summed E-state index contributed by atoms with van der Waals surface area (Å²) < 4.78 is 6.17. The molecule has 0 aromatic heterocycles. The fourth-order valence-electron chi connectivity index (χ4n) is 7.43. The fourth-order valence-corrected chi connectivity index (χ4v) is 7.43. The molecular formula is C22H34O2. The molecule has 2 heteroatoms. The van der Waals surface area contributed by atoms with E-state index >= 15 is 0 Å². The van der Waals surface area contributed by atoms with Crippen molar-refractivity contribution >= 4 is 5.78 Å². The first-order chi connectivity index (χ1) is 11.3. The molecule has 4 aliphatic rings. The fraction of sp³-hybridized carbons (Fsp3) is 0.864. The topological polar surface area (TPSA) is 26.3 Å². The number of ketones is 1. The van der Waals surface area contributed by atoms with Gasteiger partial charge >= 0.3 is 0 Å². The average Bonchev–Trinajstić information content (AvgIpc) is 2.84. The molecule has 0 aliphatic heterocycles. The maximum atomic E-state index is 12.0. The van der Waals surface area contributed by atoms with E-state index in [1.807, 2.05) is 6.92 Å². The first-order valence-electron chi connectivity index (χ1n) is 10.2. The number of allylic oxidation sites excluding steroid dienone is 1. The minimum atomic E-state index is 0.341. The summed E-state index contributed by atoms with van der Waals surface area (Å²) in [6, 6.07) is 0. The molecule has 7 atom stereocenters. The van der Waals surface area contributed by atoms with E-state index < -0.39 is 0 Å². The number of rotatable bonds is 2. The minimum absolute atomic E-state index is 0.341. The maximum absolute atomic E-state index is 12.0. The van der Waals surface area contributed by atoms with Gasteiger partial charge in [0.1, 0.15) is 11.9 Å². The van der Waals surface area contributed by atoms with E-state index in [1.165, 1.54) is 38.5 Å². The highest BCUT2D eigenvalue weighted by atomic mass is 16.5. The van der Waals surface area contributed by atoms with E-state index in [-0.39, 0.29) is 0 Å². The Morgan fingerprint density at radius 3 is 2.54 bits per heavy atom. The van der Waals surface area contributed by atoms with Gasteiger partial charge in [-0.1, -0.05) is 20.4 Å². The standard InChI is InChI=1S/C22H34O2/c1-14(2)24-20-8-7-18-17-6-5-15-13-16(23)9-11-21(15,3)19(17)10-12-22(18,20)4/h15,17-20H,1,5-13H2,2-4H3/t15-,17-,18-,19-,20-,21-,22-/m0/s1. The Morgan fingerprint density at radius 1 is 1.04 bits per heavy atom. The van der Waals surface area contributed by atoms with Crippen molar-refractivity contribution in [1.29, 1.82) is 0 Å². The Kier molecular flexibility index (Phi) is 3.89. The lowest BCUT2D eigenvalue weighted by Gasteiger charge is -2.60. The summed E-state index contributed by atoms with van der Waals surface area (Å²) >= 11 is 0. The van der Waals surface area contributed by atoms with Crippen molar-refractivity contribution in [1.82, 2.24) is 0 Å². The summed E-state index contributed by atoms with van der Waals surface area (Å²) in [4.78, 5) is 12.0. The highest BCUT2D eigenvalue weighted by Gasteiger charge is 2.60. The molecule has 0 unspecified atom stereocenters. The second-order valence-electron chi connectivity index (χ2n) is 9.83. The zero-order valence-corrected chi connectivity index (χ0v) is 15.8. The van der Waals surface area contributed by atoms with Gasteiger partial charge in [0.15, 0.2) is 0 Å². The Morgan fingerprint density at radius 2 is 1.79 bits per heavy atom. The van der Waals surface area contributed by atoms with Gasteiger partial charge in [-0.3, -0.25) is 4.79 Å². The number of Topliss-reactive ketones (excluding diaryl/α,β-unsaturated/α-hetero) is 1. The third-order valence-corrected chi connectivity index (χ3v) is 8.74. The van der Waals surface area contributed by atoms with E-state index in [9.17, 15) is 4.79 Å². The Bertz CT molecular complexity index is 552. The number of carbonyl (C=O) groups excluding carboxylic acids is 1. The van der Waals surface area contributed by atoms with E-state index in [1.54, 1.807) is 0 Å². The van der Waals surface area contributed by atoms with Gasteiger partial charge in [0.05, 0.1) is 5.76 Å². The molecule has 0 N–H and O–H groups in total. The monoisotopic (exact) mass is 330 g/mol. The van der Waals surface area contributed by atoms with Crippen LogP contribution in [0.15, 0.2) is 12.3 Å². The molecule has 4 rings (SSSR count). The molecular weight excluding hydrogens is 296 g/mol. The van der Waals surface area contributed by atoms with Gasteiger partial charge in [-0.15, -0.1) is 0 Å². The molecule has 0 amide bonds. The van der Waals surface area contributed by atoms with Gasteiger partial charge in [-0.2, -0.15) is 0 Å². The summed E-state index contributed by atoms with van der Waals surface area (Å²) in [6.45, 7) is 11.0. The number of ether oxygens (including phenoxy) is 1. The van der Waals surface area contributed by atoms with E-state index in [0.29, 0.717) is 28.6 Å². The lowest BCUT2D eigenvalue weighted by atomic mass is 9.45. The molecule has 4 aliphatic carbocycles. The first-order valence-corrected chi connectivity index (χ1v) is 10.2. The van der Waals surface area contributed by atoms with Crippen LogP contribution in [0.3, 0.4) is 0 Å². The van der Waals surface area contributed by atoms with Gasteiger partial charge < -0.3 is 4.74 Å². The van der Waals surface area contributed by atoms with Crippen LogP contribution in [0.2, 0.25) is 0 Å². The molecule has 0 heterocycles. The number of carbonyl (C=O) groups is 1. The molecule has 4 saturated carbocycles. The molecule has 0 saturated heterocycles. The van der Waals surface area contributed by atoms with Gasteiger partial charge in [0.2, 0.25) is 0 Å². The number of fused-ring (bicyclic) bond motifs is 5. The number of hydrogen-bond acceptors (Lipinski definition) is 2. The largest absolute Gasteiger partial charge is 0.495 e. The molecule has 4 fully saturated rings. The molecule has 134 valence electrons. The Balaban J connectivity index is 1.58. The Labute approximate surface area is 147 Å². The molecule has 0 spiro atoms. The summed E-state index contributed by atoms with van der Waals surface area (Å²) in [5.74, 6) is 4.57. The average molecular weight is 331 g/mol.